The third-order valence-electron chi connectivity index (χ3n) is 6.41. The summed E-state index contributed by atoms with van der Waals surface area (Å²) >= 11 is 4.75. The molecule has 6 nitrogen and oxygen atoms in total. The Morgan fingerprint density at radius 2 is 1.77 bits per heavy atom. The van der Waals surface area contributed by atoms with E-state index < -0.39 is 0 Å². The molecule has 0 saturated carbocycles. The fraction of sp³-hybridized carbons (Fsp3) is 0.133. The molecule has 39 heavy (non-hydrogen) atoms. The summed E-state index contributed by atoms with van der Waals surface area (Å²) in [5.41, 5.74) is 7.41. The third kappa shape index (κ3) is 5.25. The van der Waals surface area contributed by atoms with Crippen molar-refractivity contribution in [3.63, 3.8) is 0 Å². The number of carbonyl (C=O) groups excluding carboxylic acids is 1. The molecular weight excluding hydrogens is 543 g/mol. The Labute approximate surface area is 238 Å². The molecule has 6 aromatic rings. The van der Waals surface area contributed by atoms with E-state index in [0.29, 0.717) is 5.16 Å². The molecule has 3 heterocycles. The van der Waals surface area contributed by atoms with Gasteiger partial charge >= 0.3 is 0 Å². The zero-order chi connectivity index (χ0) is 26.9. The number of amides is 1. The number of hydrogen-bond donors (Lipinski definition) is 1. The predicted molar refractivity (Wildman–Crippen MR) is 164 cm³/mol. The average molecular weight is 568 g/mol. The molecule has 6 rings (SSSR count). The molecule has 3 aromatic carbocycles. The van der Waals surface area contributed by atoms with Crippen LogP contribution in [0.15, 0.2) is 83.3 Å². The van der Waals surface area contributed by atoms with Gasteiger partial charge in [-0.05, 0) is 61.4 Å². The number of aryl methyl sites for hydroxylation is 2. The third-order valence-corrected chi connectivity index (χ3v) is 9.40. The van der Waals surface area contributed by atoms with Crippen molar-refractivity contribution in [2.24, 2.45) is 7.05 Å². The van der Waals surface area contributed by atoms with Gasteiger partial charge in [0.1, 0.15) is 5.01 Å². The Balaban J connectivity index is 1.11. The van der Waals surface area contributed by atoms with Gasteiger partial charge in [0.15, 0.2) is 11.0 Å². The van der Waals surface area contributed by atoms with Crippen molar-refractivity contribution < 1.29 is 4.79 Å². The van der Waals surface area contributed by atoms with Crippen molar-refractivity contribution in [3.05, 3.63) is 88.6 Å². The number of fused-ring (bicyclic) bond motifs is 1. The molecule has 0 radical (unpaired) electrons. The zero-order valence-corrected chi connectivity index (χ0v) is 24.1. The fourth-order valence-corrected chi connectivity index (χ4v) is 7.08. The fourth-order valence-electron chi connectivity index (χ4n) is 4.44. The molecule has 0 aliphatic heterocycles. The van der Waals surface area contributed by atoms with Crippen LogP contribution in [-0.2, 0) is 11.8 Å². The second-order valence-corrected chi connectivity index (χ2v) is 12.3. The molecule has 3 aromatic heterocycles. The number of aromatic nitrogens is 4. The maximum absolute atomic E-state index is 12.7. The number of thioether (sulfide) groups is 1. The summed E-state index contributed by atoms with van der Waals surface area (Å²) in [5, 5.41) is 15.6. The lowest BCUT2D eigenvalue weighted by atomic mass is 10.0. The maximum Gasteiger partial charge on any atom is 0.234 e. The molecule has 194 valence electrons. The number of hydrogen-bond acceptors (Lipinski definition) is 7. The molecule has 0 bridgehead atoms. The summed E-state index contributed by atoms with van der Waals surface area (Å²) in [4.78, 5) is 18.7. The van der Waals surface area contributed by atoms with Crippen molar-refractivity contribution in [2.75, 3.05) is 11.1 Å². The molecular formula is C30H25N5OS3. The van der Waals surface area contributed by atoms with Gasteiger partial charge in [0.05, 0.1) is 16.0 Å². The number of nitrogens with zero attached hydrogens (tertiary/aromatic N) is 4. The Kier molecular flexibility index (Phi) is 7.03. The first kappa shape index (κ1) is 25.5. The van der Waals surface area contributed by atoms with Crippen LogP contribution in [0.4, 0.5) is 5.69 Å². The molecule has 0 aliphatic rings. The Bertz CT molecular complexity index is 1790. The highest BCUT2D eigenvalue weighted by molar-refractivity contribution is 7.99. The van der Waals surface area contributed by atoms with E-state index in [1.807, 2.05) is 54.1 Å². The van der Waals surface area contributed by atoms with Gasteiger partial charge < -0.3 is 9.88 Å². The van der Waals surface area contributed by atoms with E-state index in [1.165, 1.54) is 32.5 Å². The van der Waals surface area contributed by atoms with Gasteiger partial charge in [0.2, 0.25) is 5.91 Å². The number of carbonyl (C=O) groups is 1. The van der Waals surface area contributed by atoms with Crippen LogP contribution in [0.25, 0.3) is 43.3 Å². The van der Waals surface area contributed by atoms with Gasteiger partial charge in [-0.2, -0.15) is 0 Å². The lowest BCUT2D eigenvalue weighted by Gasteiger charge is -2.08. The van der Waals surface area contributed by atoms with Crippen LogP contribution < -0.4 is 5.32 Å². The van der Waals surface area contributed by atoms with Crippen molar-refractivity contribution in [2.45, 2.75) is 19.0 Å². The molecule has 0 aliphatic carbocycles. The van der Waals surface area contributed by atoms with Gasteiger partial charge in [0, 0.05) is 39.7 Å². The highest BCUT2D eigenvalue weighted by Gasteiger charge is 2.19. The van der Waals surface area contributed by atoms with E-state index in [1.54, 1.807) is 22.7 Å². The first-order valence-corrected chi connectivity index (χ1v) is 15.1. The minimum atomic E-state index is -0.0934. The van der Waals surface area contributed by atoms with E-state index in [9.17, 15) is 4.79 Å². The van der Waals surface area contributed by atoms with Gasteiger partial charge in [-0.25, -0.2) is 4.98 Å². The standard InChI is InChI=1S/C30H25N5OS3/c1-18-9-14-24-25(15-18)39-29(32-24)21-10-12-22(13-11-21)31-26(36)17-38-30-34-33-28(35(30)3)23-16-37-19(2)27(23)20-7-5-4-6-8-20/h4-16H,17H2,1-3H3,(H,31,36). The minimum Gasteiger partial charge on any atom is -0.325 e. The molecule has 1 amide bonds. The summed E-state index contributed by atoms with van der Waals surface area (Å²) in [5.74, 6) is 0.935. The van der Waals surface area contributed by atoms with E-state index >= 15 is 0 Å². The summed E-state index contributed by atoms with van der Waals surface area (Å²) in [7, 11) is 1.94. The van der Waals surface area contributed by atoms with E-state index in [2.05, 4.69) is 65.1 Å². The number of nitrogens with one attached hydrogen (secondary N) is 1. The van der Waals surface area contributed by atoms with Gasteiger partial charge in [-0.3, -0.25) is 4.79 Å². The Hall–Kier alpha value is -3.79. The minimum absolute atomic E-state index is 0.0934. The predicted octanol–water partition coefficient (Wildman–Crippen LogP) is 7.83. The normalized spacial score (nSPS) is 11.3. The van der Waals surface area contributed by atoms with Crippen molar-refractivity contribution in [1.29, 1.82) is 0 Å². The number of anilines is 1. The quantitative estimate of drug-likeness (QED) is 0.199. The Morgan fingerprint density at radius 3 is 2.56 bits per heavy atom. The molecule has 0 saturated heterocycles. The number of thiophene rings is 1. The molecule has 1 N–H and O–H groups in total. The number of thiazole rings is 1. The van der Waals surface area contributed by atoms with E-state index in [0.717, 1.165) is 38.7 Å². The second-order valence-electron chi connectivity index (χ2n) is 9.22. The van der Waals surface area contributed by atoms with Crippen molar-refractivity contribution in [1.82, 2.24) is 19.7 Å². The molecule has 0 atom stereocenters. The lowest BCUT2D eigenvalue weighted by Crippen LogP contribution is -2.14. The largest absolute Gasteiger partial charge is 0.325 e. The summed E-state index contributed by atoms with van der Waals surface area (Å²) in [6, 6.07) is 24.4. The van der Waals surface area contributed by atoms with Crippen LogP contribution >= 0.6 is 34.4 Å². The van der Waals surface area contributed by atoms with Crippen LogP contribution in [0.1, 0.15) is 10.4 Å². The summed E-state index contributed by atoms with van der Waals surface area (Å²) < 4.78 is 3.14. The maximum atomic E-state index is 12.7. The van der Waals surface area contributed by atoms with Crippen LogP contribution in [0.3, 0.4) is 0 Å². The lowest BCUT2D eigenvalue weighted by molar-refractivity contribution is -0.113. The van der Waals surface area contributed by atoms with Crippen LogP contribution in [0.2, 0.25) is 0 Å². The smallest absolute Gasteiger partial charge is 0.234 e. The second kappa shape index (κ2) is 10.8. The molecule has 0 spiro atoms. The number of rotatable bonds is 7. The van der Waals surface area contributed by atoms with Gasteiger partial charge in [-0.1, -0.05) is 48.2 Å². The monoisotopic (exact) mass is 567 g/mol. The van der Waals surface area contributed by atoms with Crippen LogP contribution in [0.5, 0.6) is 0 Å². The van der Waals surface area contributed by atoms with E-state index in [-0.39, 0.29) is 11.7 Å². The summed E-state index contributed by atoms with van der Waals surface area (Å²) in [6.45, 7) is 4.21. The van der Waals surface area contributed by atoms with Crippen molar-refractivity contribution >= 4 is 56.2 Å². The first-order valence-electron chi connectivity index (χ1n) is 12.4. The van der Waals surface area contributed by atoms with Crippen LogP contribution in [-0.4, -0.2) is 31.4 Å². The van der Waals surface area contributed by atoms with Crippen LogP contribution in [0, 0.1) is 13.8 Å². The highest BCUT2D eigenvalue weighted by atomic mass is 32.2. The zero-order valence-electron chi connectivity index (χ0n) is 21.6. The molecule has 0 unspecified atom stereocenters. The molecule has 0 fully saturated rings. The topological polar surface area (TPSA) is 72.7 Å². The highest BCUT2D eigenvalue weighted by Crippen LogP contribution is 2.39. The van der Waals surface area contributed by atoms with Crippen molar-refractivity contribution in [3.8, 4) is 33.1 Å². The molecule has 9 heteroatoms. The van der Waals surface area contributed by atoms with E-state index in [4.69, 9.17) is 4.98 Å². The van der Waals surface area contributed by atoms with Gasteiger partial charge in [0.25, 0.3) is 0 Å². The first-order chi connectivity index (χ1) is 19.0. The SMILES string of the molecule is Cc1ccc2nc(-c3ccc(NC(=O)CSc4nnc(-c5csc(C)c5-c5ccccc5)n4C)cc3)sc2c1. The summed E-state index contributed by atoms with van der Waals surface area (Å²) in [6.07, 6.45) is 0. The Morgan fingerprint density at radius 1 is 0.974 bits per heavy atom. The average Bonchev–Trinajstić information content (AvgIpc) is 3.64. The van der Waals surface area contributed by atoms with Gasteiger partial charge in [-0.15, -0.1) is 32.9 Å². The number of benzene rings is 3.